The maximum Gasteiger partial charge on any atom is 0.243 e. The standard InChI is InChI=1S/C19H34N4O2S.HI/c1-8-20-19(22-16(6)14(2)3)21-13-17-9-11-18(12-10-17)26(24,25)23(7)15(4)5;/h9-12,14-16H,8,13H2,1-7H3,(H2,20,21,22);1H. The largest absolute Gasteiger partial charge is 0.357 e. The number of sulfonamides is 1. The Morgan fingerprint density at radius 2 is 1.67 bits per heavy atom. The Kier molecular flexibility index (Phi) is 11.5. The predicted octanol–water partition coefficient (Wildman–Crippen LogP) is 3.43. The maximum atomic E-state index is 12.5. The number of nitrogens with zero attached hydrogens (tertiary/aromatic N) is 2. The van der Waals surface area contributed by atoms with Crippen molar-refractivity contribution < 1.29 is 8.42 Å². The van der Waals surface area contributed by atoms with Crippen LogP contribution in [0, 0.1) is 5.92 Å². The average molecular weight is 510 g/mol. The molecule has 1 rings (SSSR count). The number of benzene rings is 1. The molecule has 27 heavy (non-hydrogen) atoms. The Morgan fingerprint density at radius 1 is 1.11 bits per heavy atom. The van der Waals surface area contributed by atoms with Gasteiger partial charge in [-0.1, -0.05) is 26.0 Å². The van der Waals surface area contributed by atoms with Crippen LogP contribution in [0.5, 0.6) is 0 Å². The van der Waals surface area contributed by atoms with Crippen molar-refractivity contribution in [2.45, 2.75) is 65.1 Å². The van der Waals surface area contributed by atoms with Crippen molar-refractivity contribution in [2.24, 2.45) is 10.9 Å². The van der Waals surface area contributed by atoms with Gasteiger partial charge in [-0.2, -0.15) is 4.31 Å². The molecule has 1 atom stereocenters. The second kappa shape index (κ2) is 11.9. The third-order valence-corrected chi connectivity index (χ3v) is 6.50. The first-order valence-corrected chi connectivity index (χ1v) is 10.6. The van der Waals surface area contributed by atoms with E-state index in [2.05, 4.69) is 36.4 Å². The predicted molar refractivity (Wildman–Crippen MR) is 124 cm³/mol. The average Bonchev–Trinajstić information content (AvgIpc) is 2.59. The minimum Gasteiger partial charge on any atom is -0.357 e. The van der Waals surface area contributed by atoms with Crippen LogP contribution < -0.4 is 10.6 Å². The van der Waals surface area contributed by atoms with Crippen LogP contribution >= 0.6 is 24.0 Å². The van der Waals surface area contributed by atoms with E-state index < -0.39 is 10.0 Å². The topological polar surface area (TPSA) is 73.8 Å². The van der Waals surface area contributed by atoms with Crippen LogP contribution in [0.4, 0.5) is 0 Å². The van der Waals surface area contributed by atoms with Gasteiger partial charge in [0.05, 0.1) is 11.4 Å². The van der Waals surface area contributed by atoms with Gasteiger partial charge in [-0.15, -0.1) is 24.0 Å². The Morgan fingerprint density at radius 3 is 2.11 bits per heavy atom. The van der Waals surface area contributed by atoms with Crippen LogP contribution in [0.15, 0.2) is 34.2 Å². The van der Waals surface area contributed by atoms with E-state index in [0.29, 0.717) is 23.4 Å². The Balaban J connectivity index is 0.00000676. The van der Waals surface area contributed by atoms with E-state index in [9.17, 15) is 8.42 Å². The number of aliphatic imine (C=N–C) groups is 1. The van der Waals surface area contributed by atoms with E-state index in [1.165, 1.54) is 4.31 Å². The number of hydrogen-bond acceptors (Lipinski definition) is 3. The fourth-order valence-corrected chi connectivity index (χ4v) is 3.45. The summed E-state index contributed by atoms with van der Waals surface area (Å²) in [6.45, 7) is 13.5. The number of guanidine groups is 1. The second-order valence-corrected chi connectivity index (χ2v) is 9.13. The SMILES string of the molecule is CCNC(=NCc1ccc(S(=O)(=O)N(C)C(C)C)cc1)NC(C)C(C)C.I. The molecule has 8 heteroatoms. The van der Waals surface area contributed by atoms with Crippen LogP contribution in [0.3, 0.4) is 0 Å². The van der Waals surface area contributed by atoms with Crippen LogP contribution in [0.1, 0.15) is 47.1 Å². The molecule has 1 unspecified atom stereocenters. The van der Waals surface area contributed by atoms with E-state index in [4.69, 9.17) is 0 Å². The van der Waals surface area contributed by atoms with Gasteiger partial charge >= 0.3 is 0 Å². The summed E-state index contributed by atoms with van der Waals surface area (Å²) >= 11 is 0. The highest BCUT2D eigenvalue weighted by Crippen LogP contribution is 2.17. The highest BCUT2D eigenvalue weighted by Gasteiger charge is 2.22. The fraction of sp³-hybridized carbons (Fsp3) is 0.632. The second-order valence-electron chi connectivity index (χ2n) is 7.13. The molecule has 0 saturated heterocycles. The Hall–Kier alpha value is -0.870. The molecule has 0 spiro atoms. The first-order valence-electron chi connectivity index (χ1n) is 9.21. The van der Waals surface area contributed by atoms with Gasteiger partial charge < -0.3 is 10.6 Å². The van der Waals surface area contributed by atoms with E-state index in [1.54, 1.807) is 19.2 Å². The van der Waals surface area contributed by atoms with E-state index in [-0.39, 0.29) is 30.0 Å². The molecule has 0 fully saturated rings. The van der Waals surface area contributed by atoms with Crippen LogP contribution in [-0.4, -0.2) is 44.4 Å². The lowest BCUT2D eigenvalue weighted by molar-refractivity contribution is 0.410. The Labute approximate surface area is 182 Å². The zero-order valence-corrected chi connectivity index (χ0v) is 20.6. The number of hydrogen-bond donors (Lipinski definition) is 2. The molecular weight excluding hydrogens is 475 g/mol. The van der Waals surface area contributed by atoms with Crippen LogP contribution in [-0.2, 0) is 16.6 Å². The van der Waals surface area contributed by atoms with Crippen molar-refractivity contribution >= 4 is 40.0 Å². The molecule has 0 amide bonds. The quantitative estimate of drug-likeness (QED) is 0.319. The molecule has 1 aromatic rings. The summed E-state index contributed by atoms with van der Waals surface area (Å²) in [7, 11) is -1.85. The lowest BCUT2D eigenvalue weighted by Crippen LogP contribution is -2.44. The summed E-state index contributed by atoms with van der Waals surface area (Å²) in [4.78, 5) is 4.90. The molecule has 6 nitrogen and oxygen atoms in total. The lowest BCUT2D eigenvalue weighted by atomic mass is 10.1. The number of halogens is 1. The number of rotatable bonds is 8. The van der Waals surface area contributed by atoms with Crippen LogP contribution in [0.25, 0.3) is 0 Å². The van der Waals surface area contributed by atoms with E-state index in [1.807, 2.05) is 32.9 Å². The highest BCUT2D eigenvalue weighted by molar-refractivity contribution is 14.0. The molecule has 156 valence electrons. The number of nitrogens with one attached hydrogen (secondary N) is 2. The van der Waals surface area contributed by atoms with Crippen molar-refractivity contribution in [2.75, 3.05) is 13.6 Å². The van der Waals surface area contributed by atoms with E-state index in [0.717, 1.165) is 18.1 Å². The van der Waals surface area contributed by atoms with Gasteiger partial charge in [0.25, 0.3) is 0 Å². The molecule has 0 aliphatic rings. The molecule has 0 aliphatic carbocycles. The maximum absolute atomic E-state index is 12.5. The summed E-state index contributed by atoms with van der Waals surface area (Å²) in [5.74, 6) is 1.27. The van der Waals surface area contributed by atoms with Gasteiger partial charge in [0.15, 0.2) is 5.96 Å². The molecule has 2 N–H and O–H groups in total. The van der Waals surface area contributed by atoms with Gasteiger partial charge in [0.2, 0.25) is 10.0 Å². The summed E-state index contributed by atoms with van der Waals surface area (Å²) in [5.41, 5.74) is 0.963. The van der Waals surface area contributed by atoms with Gasteiger partial charge in [-0.05, 0) is 51.3 Å². The Bertz CT molecular complexity index is 688. The van der Waals surface area contributed by atoms with Crippen molar-refractivity contribution in [3.8, 4) is 0 Å². The summed E-state index contributed by atoms with van der Waals surface area (Å²) in [5, 5.41) is 6.62. The molecule has 0 heterocycles. The van der Waals surface area contributed by atoms with E-state index >= 15 is 0 Å². The van der Waals surface area contributed by atoms with Gasteiger partial charge in [0, 0.05) is 25.7 Å². The monoisotopic (exact) mass is 510 g/mol. The molecule has 0 radical (unpaired) electrons. The van der Waals surface area contributed by atoms with Crippen molar-refractivity contribution in [1.29, 1.82) is 0 Å². The molecule has 0 aromatic heterocycles. The van der Waals surface area contributed by atoms with Crippen molar-refractivity contribution in [1.82, 2.24) is 14.9 Å². The van der Waals surface area contributed by atoms with Crippen LogP contribution in [0.2, 0.25) is 0 Å². The molecule has 1 aromatic carbocycles. The van der Waals surface area contributed by atoms with Gasteiger partial charge in [-0.25, -0.2) is 13.4 Å². The van der Waals surface area contributed by atoms with Gasteiger partial charge in [0.1, 0.15) is 0 Å². The normalized spacial score (nSPS) is 13.6. The zero-order chi connectivity index (χ0) is 19.9. The third-order valence-electron chi connectivity index (χ3n) is 4.46. The zero-order valence-electron chi connectivity index (χ0n) is 17.5. The molecule has 0 aliphatic heterocycles. The lowest BCUT2D eigenvalue weighted by Gasteiger charge is -2.21. The van der Waals surface area contributed by atoms with Crippen molar-refractivity contribution in [3.05, 3.63) is 29.8 Å². The van der Waals surface area contributed by atoms with Crippen molar-refractivity contribution in [3.63, 3.8) is 0 Å². The molecule has 0 saturated carbocycles. The smallest absolute Gasteiger partial charge is 0.243 e. The minimum absolute atomic E-state index is 0. The summed E-state index contributed by atoms with van der Waals surface area (Å²) < 4.78 is 26.4. The van der Waals surface area contributed by atoms with Gasteiger partial charge in [-0.3, -0.25) is 0 Å². The first-order chi connectivity index (χ1) is 12.1. The fourth-order valence-electron chi connectivity index (χ4n) is 2.08. The summed E-state index contributed by atoms with van der Waals surface area (Å²) in [6, 6.07) is 7.17. The highest BCUT2D eigenvalue weighted by atomic mass is 127. The first kappa shape index (κ1) is 26.1. The molecular formula is C19H35IN4O2S. The molecule has 0 bridgehead atoms. The summed E-state index contributed by atoms with van der Waals surface area (Å²) in [6.07, 6.45) is 0. The third kappa shape index (κ3) is 7.95. The minimum atomic E-state index is -3.45.